The number of nitrogens with zero attached hydrogens (tertiary/aromatic N) is 1. The van der Waals surface area contributed by atoms with Crippen LogP contribution in [0.4, 0.5) is 5.69 Å². The Morgan fingerprint density at radius 2 is 1.71 bits per heavy atom. The average molecular weight is 448 g/mol. The first-order valence-electron chi connectivity index (χ1n) is 9.34. The number of esters is 1. The van der Waals surface area contributed by atoms with Crippen LogP contribution in [-0.4, -0.2) is 23.3 Å². The minimum atomic E-state index is -0.476. The Labute approximate surface area is 189 Å². The molecule has 1 fully saturated rings. The lowest BCUT2D eigenvalue weighted by molar-refractivity contribution is -0.113. The van der Waals surface area contributed by atoms with Crippen molar-refractivity contribution >= 4 is 51.9 Å². The monoisotopic (exact) mass is 447 g/mol. The highest BCUT2D eigenvalue weighted by molar-refractivity contribution is 8.27. The molecule has 0 unspecified atom stereocenters. The van der Waals surface area contributed by atoms with Crippen LogP contribution in [0.1, 0.15) is 15.9 Å². The second-order valence-electron chi connectivity index (χ2n) is 6.54. The van der Waals surface area contributed by atoms with Crippen LogP contribution in [0, 0.1) is 0 Å². The summed E-state index contributed by atoms with van der Waals surface area (Å²) < 4.78 is 11.0. The molecular formula is C24H17NO4S2. The van der Waals surface area contributed by atoms with Crippen molar-refractivity contribution in [2.75, 3.05) is 12.0 Å². The minimum Gasteiger partial charge on any atom is -0.497 e. The number of hydrogen-bond acceptors (Lipinski definition) is 6. The maximum Gasteiger partial charge on any atom is 0.343 e. The summed E-state index contributed by atoms with van der Waals surface area (Å²) in [6, 6.07) is 23.0. The molecule has 0 aromatic heterocycles. The predicted octanol–water partition coefficient (Wildman–Crippen LogP) is 5.32. The Bertz CT molecular complexity index is 1170. The highest BCUT2D eigenvalue weighted by Crippen LogP contribution is 2.36. The third kappa shape index (κ3) is 4.68. The number of carbonyl (C=O) groups excluding carboxylic acids is 2. The number of hydrogen-bond donors (Lipinski definition) is 0. The SMILES string of the molecule is COc1cccc(C(=O)Oc2ccc(C=C3SC(=S)N(c4ccccc4)C3=O)cc2)c1. The fourth-order valence-electron chi connectivity index (χ4n) is 2.97. The number of thioether (sulfide) groups is 1. The van der Waals surface area contributed by atoms with Crippen molar-refractivity contribution < 1.29 is 19.1 Å². The Morgan fingerprint density at radius 1 is 0.968 bits per heavy atom. The van der Waals surface area contributed by atoms with Gasteiger partial charge in [-0.3, -0.25) is 9.69 Å². The molecular weight excluding hydrogens is 430 g/mol. The number of para-hydroxylation sites is 1. The molecule has 3 aromatic rings. The summed E-state index contributed by atoms with van der Waals surface area (Å²) in [5.41, 5.74) is 1.94. The summed E-state index contributed by atoms with van der Waals surface area (Å²) in [4.78, 5) is 27.2. The molecule has 0 atom stereocenters. The Hall–Kier alpha value is -3.42. The Balaban J connectivity index is 1.47. The molecule has 7 heteroatoms. The van der Waals surface area contributed by atoms with Crippen molar-refractivity contribution in [2.24, 2.45) is 0 Å². The smallest absolute Gasteiger partial charge is 0.343 e. The molecule has 0 radical (unpaired) electrons. The summed E-state index contributed by atoms with van der Waals surface area (Å²) in [5.74, 6) is 0.351. The number of anilines is 1. The molecule has 1 heterocycles. The van der Waals surface area contributed by atoms with E-state index in [1.807, 2.05) is 30.3 Å². The van der Waals surface area contributed by atoms with Crippen LogP contribution in [-0.2, 0) is 4.79 Å². The maximum absolute atomic E-state index is 12.8. The van der Waals surface area contributed by atoms with Crippen molar-refractivity contribution in [3.05, 3.63) is 94.9 Å². The lowest BCUT2D eigenvalue weighted by Crippen LogP contribution is -2.27. The second kappa shape index (κ2) is 9.16. The van der Waals surface area contributed by atoms with Gasteiger partial charge in [-0.1, -0.05) is 60.4 Å². The predicted molar refractivity (Wildman–Crippen MR) is 126 cm³/mol. The number of amides is 1. The molecule has 5 nitrogen and oxygen atoms in total. The van der Waals surface area contributed by atoms with Gasteiger partial charge in [-0.2, -0.15) is 0 Å². The van der Waals surface area contributed by atoms with Gasteiger partial charge in [-0.05, 0) is 54.1 Å². The summed E-state index contributed by atoms with van der Waals surface area (Å²) in [5, 5.41) is 0. The number of rotatable bonds is 5. The van der Waals surface area contributed by atoms with Crippen LogP contribution in [0.5, 0.6) is 11.5 Å². The molecule has 0 aliphatic carbocycles. The number of carbonyl (C=O) groups is 2. The zero-order valence-corrected chi connectivity index (χ0v) is 18.1. The van der Waals surface area contributed by atoms with E-state index in [4.69, 9.17) is 21.7 Å². The quantitative estimate of drug-likeness (QED) is 0.228. The molecule has 0 spiro atoms. The molecule has 1 aliphatic heterocycles. The summed E-state index contributed by atoms with van der Waals surface area (Å²) in [6.07, 6.45) is 1.77. The first kappa shape index (κ1) is 20.8. The van der Waals surface area contributed by atoms with Crippen LogP contribution in [0.3, 0.4) is 0 Å². The first-order valence-corrected chi connectivity index (χ1v) is 10.6. The number of benzene rings is 3. The average Bonchev–Trinajstić information content (AvgIpc) is 3.08. The van der Waals surface area contributed by atoms with Gasteiger partial charge in [0.2, 0.25) is 0 Å². The van der Waals surface area contributed by atoms with E-state index in [0.29, 0.717) is 26.3 Å². The van der Waals surface area contributed by atoms with E-state index >= 15 is 0 Å². The van der Waals surface area contributed by atoms with Crippen molar-refractivity contribution in [1.82, 2.24) is 0 Å². The molecule has 154 valence electrons. The highest BCUT2D eigenvalue weighted by atomic mass is 32.2. The van der Waals surface area contributed by atoms with Gasteiger partial charge in [-0.15, -0.1) is 0 Å². The Kier molecular flexibility index (Phi) is 6.16. The van der Waals surface area contributed by atoms with Gasteiger partial charge in [0.05, 0.1) is 23.3 Å². The van der Waals surface area contributed by atoms with E-state index in [1.54, 1.807) is 54.6 Å². The van der Waals surface area contributed by atoms with Crippen molar-refractivity contribution in [2.45, 2.75) is 0 Å². The fraction of sp³-hybridized carbons (Fsp3) is 0.0417. The van der Waals surface area contributed by atoms with Gasteiger partial charge in [-0.25, -0.2) is 4.79 Å². The van der Waals surface area contributed by atoms with E-state index in [0.717, 1.165) is 11.3 Å². The molecule has 3 aromatic carbocycles. The molecule has 0 saturated carbocycles. The van der Waals surface area contributed by atoms with Gasteiger partial charge < -0.3 is 9.47 Å². The van der Waals surface area contributed by atoms with Gasteiger partial charge in [0, 0.05) is 0 Å². The topological polar surface area (TPSA) is 55.8 Å². The largest absolute Gasteiger partial charge is 0.497 e. The van der Waals surface area contributed by atoms with Gasteiger partial charge in [0.1, 0.15) is 11.5 Å². The zero-order chi connectivity index (χ0) is 21.8. The molecule has 0 bridgehead atoms. The molecule has 1 aliphatic rings. The molecule has 1 saturated heterocycles. The molecule has 4 rings (SSSR count). The zero-order valence-electron chi connectivity index (χ0n) is 16.5. The van der Waals surface area contributed by atoms with Gasteiger partial charge in [0.25, 0.3) is 5.91 Å². The van der Waals surface area contributed by atoms with Crippen LogP contribution >= 0.6 is 24.0 Å². The third-order valence-electron chi connectivity index (χ3n) is 4.50. The fourth-order valence-corrected chi connectivity index (χ4v) is 4.27. The highest BCUT2D eigenvalue weighted by Gasteiger charge is 2.33. The number of methoxy groups -OCH3 is 1. The van der Waals surface area contributed by atoms with E-state index in [9.17, 15) is 9.59 Å². The van der Waals surface area contributed by atoms with Crippen molar-refractivity contribution in [1.29, 1.82) is 0 Å². The standard InChI is InChI=1S/C24H17NO4S2/c1-28-20-9-5-6-17(15-20)23(27)29-19-12-10-16(11-13-19)14-21-22(26)25(24(30)31-21)18-7-3-2-4-8-18/h2-15H,1H3. The van der Waals surface area contributed by atoms with Crippen molar-refractivity contribution in [3.8, 4) is 11.5 Å². The van der Waals surface area contributed by atoms with Crippen LogP contribution in [0.25, 0.3) is 6.08 Å². The summed E-state index contributed by atoms with van der Waals surface area (Å²) in [6.45, 7) is 0. The molecule has 0 N–H and O–H groups in total. The molecule has 1 amide bonds. The van der Waals surface area contributed by atoms with E-state index in [-0.39, 0.29) is 5.91 Å². The van der Waals surface area contributed by atoms with Crippen molar-refractivity contribution in [3.63, 3.8) is 0 Å². The maximum atomic E-state index is 12.8. The number of ether oxygens (including phenoxy) is 2. The van der Waals surface area contributed by atoms with Gasteiger partial charge >= 0.3 is 5.97 Å². The Morgan fingerprint density at radius 3 is 2.42 bits per heavy atom. The van der Waals surface area contributed by atoms with Crippen LogP contribution in [0.15, 0.2) is 83.8 Å². The van der Waals surface area contributed by atoms with E-state index < -0.39 is 5.97 Å². The van der Waals surface area contributed by atoms with E-state index in [2.05, 4.69) is 0 Å². The van der Waals surface area contributed by atoms with E-state index in [1.165, 1.54) is 23.8 Å². The lowest BCUT2D eigenvalue weighted by atomic mass is 10.2. The molecule has 31 heavy (non-hydrogen) atoms. The lowest BCUT2D eigenvalue weighted by Gasteiger charge is -2.13. The van der Waals surface area contributed by atoms with Crippen LogP contribution < -0.4 is 14.4 Å². The third-order valence-corrected chi connectivity index (χ3v) is 5.80. The number of thiocarbonyl (C=S) groups is 1. The summed E-state index contributed by atoms with van der Waals surface area (Å²) >= 11 is 6.64. The summed E-state index contributed by atoms with van der Waals surface area (Å²) in [7, 11) is 1.54. The van der Waals surface area contributed by atoms with Gasteiger partial charge in [0.15, 0.2) is 4.32 Å². The second-order valence-corrected chi connectivity index (χ2v) is 8.22. The first-order chi connectivity index (χ1) is 15.0. The minimum absolute atomic E-state index is 0.158. The normalized spacial score (nSPS) is 14.7. The van der Waals surface area contributed by atoms with Crippen LogP contribution in [0.2, 0.25) is 0 Å².